The molecular weight excluding hydrogens is 501 g/mol. The van der Waals surface area contributed by atoms with Crippen molar-refractivity contribution in [3.63, 3.8) is 0 Å². The topological polar surface area (TPSA) is 60.0 Å². The smallest absolute Gasteiger partial charge is 0.253 e. The molecule has 0 radical (unpaired) electrons. The molecule has 1 saturated heterocycles. The number of halogens is 1. The number of hydrogen-bond donors (Lipinski definition) is 2. The Bertz CT molecular complexity index is 659. The van der Waals surface area contributed by atoms with Crippen LogP contribution in [0.25, 0.3) is 0 Å². The third kappa shape index (κ3) is 11.2. The SMILES string of the molecule is CCNC(=NCCCCCN1CCCCC1)NCCc1cccc(C(=O)N(C)C)c1.I. The van der Waals surface area contributed by atoms with Gasteiger partial charge < -0.3 is 20.4 Å². The molecule has 2 N–H and O–H groups in total. The molecule has 1 aliphatic rings. The van der Waals surface area contributed by atoms with Crippen LogP contribution in [0.2, 0.25) is 0 Å². The normalized spacial score (nSPS) is 14.6. The molecule has 1 aromatic rings. The van der Waals surface area contributed by atoms with E-state index in [1.54, 1.807) is 19.0 Å². The van der Waals surface area contributed by atoms with Crippen LogP contribution in [0.3, 0.4) is 0 Å². The first-order chi connectivity index (χ1) is 14.6. The van der Waals surface area contributed by atoms with E-state index in [2.05, 4.69) is 28.5 Å². The molecule has 0 aromatic heterocycles. The highest BCUT2D eigenvalue weighted by molar-refractivity contribution is 14.0. The molecule has 176 valence electrons. The van der Waals surface area contributed by atoms with Crippen molar-refractivity contribution in [1.29, 1.82) is 0 Å². The molecule has 1 amide bonds. The number of nitrogens with one attached hydrogen (secondary N) is 2. The van der Waals surface area contributed by atoms with Crippen LogP contribution < -0.4 is 10.6 Å². The molecule has 0 aliphatic carbocycles. The van der Waals surface area contributed by atoms with Crippen molar-refractivity contribution in [3.8, 4) is 0 Å². The summed E-state index contributed by atoms with van der Waals surface area (Å²) in [6, 6.07) is 7.88. The summed E-state index contributed by atoms with van der Waals surface area (Å²) < 4.78 is 0. The average molecular weight is 544 g/mol. The van der Waals surface area contributed by atoms with Gasteiger partial charge in [-0.3, -0.25) is 9.79 Å². The van der Waals surface area contributed by atoms with Crippen LogP contribution in [0.5, 0.6) is 0 Å². The lowest BCUT2D eigenvalue weighted by atomic mass is 10.1. The molecule has 1 fully saturated rings. The van der Waals surface area contributed by atoms with Gasteiger partial charge in [-0.2, -0.15) is 0 Å². The van der Waals surface area contributed by atoms with E-state index in [-0.39, 0.29) is 29.9 Å². The van der Waals surface area contributed by atoms with Crippen LogP contribution in [0, 0.1) is 0 Å². The van der Waals surface area contributed by atoms with Gasteiger partial charge in [-0.15, -0.1) is 24.0 Å². The van der Waals surface area contributed by atoms with Crippen LogP contribution in [-0.4, -0.2) is 75.0 Å². The molecule has 0 atom stereocenters. The van der Waals surface area contributed by atoms with Gasteiger partial charge in [-0.25, -0.2) is 0 Å². The second kappa shape index (κ2) is 16.3. The van der Waals surface area contributed by atoms with Crippen molar-refractivity contribution >= 4 is 35.8 Å². The highest BCUT2D eigenvalue weighted by Crippen LogP contribution is 2.10. The number of benzene rings is 1. The van der Waals surface area contributed by atoms with Crippen LogP contribution >= 0.6 is 24.0 Å². The van der Waals surface area contributed by atoms with Crippen molar-refractivity contribution in [2.24, 2.45) is 4.99 Å². The van der Waals surface area contributed by atoms with E-state index in [1.165, 1.54) is 51.7 Å². The molecule has 6 nitrogen and oxygen atoms in total. The summed E-state index contributed by atoms with van der Waals surface area (Å²) >= 11 is 0. The monoisotopic (exact) mass is 543 g/mol. The molecular formula is C24H42IN5O. The van der Waals surface area contributed by atoms with Crippen molar-refractivity contribution in [2.45, 2.75) is 51.9 Å². The van der Waals surface area contributed by atoms with Crippen molar-refractivity contribution in [3.05, 3.63) is 35.4 Å². The fourth-order valence-corrected chi connectivity index (χ4v) is 3.78. The number of carbonyl (C=O) groups is 1. The van der Waals surface area contributed by atoms with Gasteiger partial charge in [0.05, 0.1) is 0 Å². The third-order valence-electron chi connectivity index (χ3n) is 5.48. The van der Waals surface area contributed by atoms with Gasteiger partial charge in [-0.1, -0.05) is 25.0 Å². The van der Waals surface area contributed by atoms with Crippen LogP contribution in [0.15, 0.2) is 29.3 Å². The Morgan fingerprint density at radius 2 is 1.87 bits per heavy atom. The van der Waals surface area contributed by atoms with Gasteiger partial charge in [0, 0.05) is 39.3 Å². The maximum Gasteiger partial charge on any atom is 0.253 e. The summed E-state index contributed by atoms with van der Waals surface area (Å²) in [4.78, 5) is 21.1. The van der Waals surface area contributed by atoms with Crippen LogP contribution in [0.1, 0.15) is 61.4 Å². The quantitative estimate of drug-likeness (QED) is 0.193. The maximum atomic E-state index is 12.1. The molecule has 2 rings (SSSR count). The van der Waals surface area contributed by atoms with E-state index < -0.39 is 0 Å². The minimum Gasteiger partial charge on any atom is -0.357 e. The second-order valence-electron chi connectivity index (χ2n) is 8.30. The standard InChI is InChI=1S/C24H41N5O.HI/c1-4-25-24(26-15-7-5-8-17-29-18-9-6-10-19-29)27-16-14-21-12-11-13-22(20-21)23(30)28(2)3;/h11-13,20H,4-10,14-19H2,1-3H3,(H2,25,26,27);1H. The number of nitrogens with zero attached hydrogens (tertiary/aromatic N) is 3. The average Bonchev–Trinajstić information content (AvgIpc) is 2.76. The fraction of sp³-hybridized carbons (Fsp3) is 0.667. The minimum atomic E-state index is 0. The van der Waals surface area contributed by atoms with Gasteiger partial charge in [0.15, 0.2) is 5.96 Å². The molecule has 0 bridgehead atoms. The molecule has 31 heavy (non-hydrogen) atoms. The summed E-state index contributed by atoms with van der Waals surface area (Å²) in [6.45, 7) is 8.43. The number of unbranched alkanes of at least 4 members (excludes halogenated alkanes) is 2. The number of aliphatic imine (C=N–C) groups is 1. The van der Waals surface area contributed by atoms with E-state index in [9.17, 15) is 4.79 Å². The lowest BCUT2D eigenvalue weighted by molar-refractivity contribution is 0.0827. The minimum absolute atomic E-state index is 0. The summed E-state index contributed by atoms with van der Waals surface area (Å²) in [5.41, 5.74) is 1.89. The first-order valence-corrected chi connectivity index (χ1v) is 11.6. The predicted octanol–water partition coefficient (Wildman–Crippen LogP) is 3.76. The first-order valence-electron chi connectivity index (χ1n) is 11.6. The van der Waals surface area contributed by atoms with Crippen molar-refractivity contribution in [1.82, 2.24) is 20.4 Å². The van der Waals surface area contributed by atoms with E-state index in [1.807, 2.05) is 18.2 Å². The molecule has 7 heteroatoms. The van der Waals surface area contributed by atoms with Crippen molar-refractivity contribution in [2.75, 3.05) is 53.4 Å². The highest BCUT2D eigenvalue weighted by atomic mass is 127. The molecule has 1 aromatic carbocycles. The zero-order valence-electron chi connectivity index (χ0n) is 19.7. The fourth-order valence-electron chi connectivity index (χ4n) is 3.78. The van der Waals surface area contributed by atoms with E-state index in [0.29, 0.717) is 0 Å². The lowest BCUT2D eigenvalue weighted by Gasteiger charge is -2.26. The largest absolute Gasteiger partial charge is 0.357 e. The molecule has 0 saturated carbocycles. The van der Waals surface area contributed by atoms with Gasteiger partial charge in [-0.05, 0) is 76.4 Å². The number of carbonyl (C=O) groups excluding carboxylic acids is 1. The Kier molecular flexibility index (Phi) is 14.6. The summed E-state index contributed by atoms with van der Waals surface area (Å²) in [7, 11) is 3.56. The molecule has 1 aliphatic heterocycles. The Labute approximate surface area is 206 Å². The summed E-state index contributed by atoms with van der Waals surface area (Å²) in [6.07, 6.45) is 8.67. The first kappa shape index (κ1) is 27.7. The Hall–Kier alpha value is -1.35. The number of hydrogen-bond acceptors (Lipinski definition) is 3. The van der Waals surface area contributed by atoms with Gasteiger partial charge in [0.1, 0.15) is 0 Å². The van der Waals surface area contributed by atoms with Crippen molar-refractivity contribution < 1.29 is 4.79 Å². The molecule has 0 spiro atoms. The number of piperidine rings is 1. The zero-order chi connectivity index (χ0) is 21.6. The molecule has 1 heterocycles. The number of rotatable bonds is 11. The third-order valence-corrected chi connectivity index (χ3v) is 5.48. The van der Waals surface area contributed by atoms with Gasteiger partial charge >= 0.3 is 0 Å². The number of guanidine groups is 1. The Morgan fingerprint density at radius 1 is 1.10 bits per heavy atom. The second-order valence-corrected chi connectivity index (χ2v) is 8.30. The summed E-state index contributed by atoms with van der Waals surface area (Å²) in [5.74, 6) is 0.925. The Morgan fingerprint density at radius 3 is 2.58 bits per heavy atom. The summed E-state index contributed by atoms with van der Waals surface area (Å²) in [5, 5.41) is 6.74. The van der Waals surface area contributed by atoms with Gasteiger partial charge in [0.25, 0.3) is 5.91 Å². The van der Waals surface area contributed by atoms with Crippen LogP contribution in [0.4, 0.5) is 0 Å². The maximum absolute atomic E-state index is 12.1. The Balaban J connectivity index is 0.00000480. The van der Waals surface area contributed by atoms with E-state index in [0.717, 1.165) is 49.6 Å². The number of amides is 1. The van der Waals surface area contributed by atoms with E-state index >= 15 is 0 Å². The van der Waals surface area contributed by atoms with Crippen LogP contribution in [-0.2, 0) is 6.42 Å². The highest BCUT2D eigenvalue weighted by Gasteiger charge is 2.09. The zero-order valence-corrected chi connectivity index (χ0v) is 22.0. The number of likely N-dealkylation sites (tertiary alicyclic amines) is 1. The lowest BCUT2D eigenvalue weighted by Crippen LogP contribution is -2.38. The predicted molar refractivity (Wildman–Crippen MR) is 142 cm³/mol. The van der Waals surface area contributed by atoms with E-state index in [4.69, 9.17) is 4.99 Å². The van der Waals surface area contributed by atoms with Gasteiger partial charge in [0.2, 0.25) is 0 Å². The molecule has 0 unspecified atom stereocenters.